The van der Waals surface area contributed by atoms with Crippen molar-refractivity contribution in [3.05, 3.63) is 65.0 Å². The lowest BCUT2D eigenvalue weighted by molar-refractivity contribution is -0.0874. The summed E-state index contributed by atoms with van der Waals surface area (Å²) in [5.41, 5.74) is 3.32. The van der Waals surface area contributed by atoms with Crippen molar-refractivity contribution < 1.29 is 24.2 Å². The second-order valence-corrected chi connectivity index (χ2v) is 8.44. The highest BCUT2D eigenvalue weighted by atomic mass is 16.5. The van der Waals surface area contributed by atoms with Crippen LogP contribution in [0.2, 0.25) is 0 Å². The fourth-order valence-corrected chi connectivity index (χ4v) is 4.29. The summed E-state index contributed by atoms with van der Waals surface area (Å²) < 4.78 is 17.6. The van der Waals surface area contributed by atoms with Crippen molar-refractivity contribution in [1.29, 1.82) is 0 Å². The first-order valence-electron chi connectivity index (χ1n) is 11.1. The number of aryl methyl sites for hydroxylation is 2. The third kappa shape index (κ3) is 4.85. The van der Waals surface area contributed by atoms with Gasteiger partial charge in [0.15, 0.2) is 0 Å². The molecule has 2 atom stereocenters. The van der Waals surface area contributed by atoms with Gasteiger partial charge in [-0.3, -0.25) is 0 Å². The zero-order chi connectivity index (χ0) is 22.6. The second-order valence-electron chi connectivity index (χ2n) is 8.44. The molecule has 4 rings (SSSR count). The van der Waals surface area contributed by atoms with Crippen LogP contribution in [0.3, 0.4) is 0 Å². The normalized spacial score (nSPS) is 19.6. The number of rotatable bonds is 8. The molecule has 1 aliphatic heterocycles. The van der Waals surface area contributed by atoms with Crippen molar-refractivity contribution in [3.8, 4) is 17.1 Å². The largest absolute Gasteiger partial charge is 0.490 e. The van der Waals surface area contributed by atoms with Crippen LogP contribution in [0, 0.1) is 13.8 Å². The van der Waals surface area contributed by atoms with Crippen LogP contribution in [-0.2, 0) is 16.8 Å². The zero-order valence-electron chi connectivity index (χ0n) is 18.6. The van der Waals surface area contributed by atoms with E-state index in [0.29, 0.717) is 23.9 Å². The summed E-state index contributed by atoms with van der Waals surface area (Å²) in [6.45, 7) is 4.28. The average molecular weight is 439 g/mol. The van der Waals surface area contributed by atoms with Gasteiger partial charge >= 0.3 is 0 Å². The van der Waals surface area contributed by atoms with E-state index in [9.17, 15) is 5.11 Å². The molecule has 0 spiro atoms. The van der Waals surface area contributed by atoms with E-state index < -0.39 is 11.7 Å². The molecule has 0 saturated carbocycles. The predicted molar refractivity (Wildman–Crippen MR) is 119 cm³/mol. The Balaban J connectivity index is 1.56. The number of benzene rings is 2. The number of aromatic nitrogens is 2. The van der Waals surface area contributed by atoms with Crippen LogP contribution in [0.15, 0.2) is 47.0 Å². The molecule has 2 aromatic carbocycles. The molecule has 3 aromatic rings. The van der Waals surface area contributed by atoms with Crippen molar-refractivity contribution in [2.45, 2.75) is 51.2 Å². The molecular formula is C25H30N2O5. The standard InChI is InChI=1S/C25H30N2O5/c1-17-12-19(13-18(2)23(17)30-16-21(29)15-28)24-26-22(32-27-24)14-25(10-6-7-11-31-25)20-8-4-3-5-9-20/h3-5,8-9,12-13,21,28-29H,6-7,10-11,14-16H2,1-2H3/t21-,25?/m0/s1. The maximum atomic E-state index is 9.56. The number of nitrogens with zero attached hydrogens (tertiary/aromatic N) is 2. The van der Waals surface area contributed by atoms with E-state index in [1.54, 1.807) is 0 Å². The summed E-state index contributed by atoms with van der Waals surface area (Å²) in [7, 11) is 0. The minimum Gasteiger partial charge on any atom is -0.490 e. The maximum absolute atomic E-state index is 9.56. The molecule has 1 unspecified atom stereocenters. The molecule has 7 heteroatoms. The van der Waals surface area contributed by atoms with Crippen LogP contribution in [-0.4, -0.2) is 46.3 Å². The van der Waals surface area contributed by atoms with E-state index in [2.05, 4.69) is 22.3 Å². The molecule has 1 aliphatic rings. The lowest BCUT2D eigenvalue weighted by Crippen LogP contribution is -2.36. The van der Waals surface area contributed by atoms with Crippen molar-refractivity contribution in [1.82, 2.24) is 10.1 Å². The third-order valence-corrected chi connectivity index (χ3v) is 5.91. The molecule has 32 heavy (non-hydrogen) atoms. The quantitative estimate of drug-likeness (QED) is 0.553. The smallest absolute Gasteiger partial charge is 0.230 e. The van der Waals surface area contributed by atoms with Crippen LogP contribution >= 0.6 is 0 Å². The molecule has 0 bridgehead atoms. The highest BCUT2D eigenvalue weighted by Crippen LogP contribution is 2.38. The number of aliphatic hydroxyl groups excluding tert-OH is 2. The Morgan fingerprint density at radius 1 is 1.12 bits per heavy atom. The van der Waals surface area contributed by atoms with Gasteiger partial charge in [-0.25, -0.2) is 0 Å². The predicted octanol–water partition coefficient (Wildman–Crippen LogP) is 3.72. The molecule has 0 amide bonds. The van der Waals surface area contributed by atoms with Crippen LogP contribution < -0.4 is 4.74 Å². The molecule has 7 nitrogen and oxygen atoms in total. The molecular weight excluding hydrogens is 408 g/mol. The SMILES string of the molecule is Cc1cc(-c2noc(CC3(c4ccccc4)CCCCO3)n2)cc(C)c1OC[C@@H](O)CO. The Labute approximate surface area is 188 Å². The maximum Gasteiger partial charge on any atom is 0.230 e. The van der Waals surface area contributed by atoms with Crippen molar-refractivity contribution in [2.75, 3.05) is 19.8 Å². The highest BCUT2D eigenvalue weighted by molar-refractivity contribution is 5.61. The summed E-state index contributed by atoms with van der Waals surface area (Å²) in [6, 6.07) is 14.1. The van der Waals surface area contributed by atoms with E-state index in [0.717, 1.165) is 48.1 Å². The Bertz CT molecular complexity index is 1000. The molecule has 0 radical (unpaired) electrons. The highest BCUT2D eigenvalue weighted by Gasteiger charge is 2.37. The van der Waals surface area contributed by atoms with Crippen molar-refractivity contribution >= 4 is 0 Å². The first-order valence-corrected chi connectivity index (χ1v) is 11.1. The van der Waals surface area contributed by atoms with Gasteiger partial charge in [-0.05, 0) is 61.9 Å². The van der Waals surface area contributed by atoms with Gasteiger partial charge in [0.1, 0.15) is 24.1 Å². The Kier molecular flexibility index (Phi) is 6.89. The second kappa shape index (κ2) is 9.81. The van der Waals surface area contributed by atoms with Crippen LogP contribution in [0.5, 0.6) is 5.75 Å². The van der Waals surface area contributed by atoms with E-state index in [1.165, 1.54) is 0 Å². The number of hydrogen-bond acceptors (Lipinski definition) is 7. The summed E-state index contributed by atoms with van der Waals surface area (Å²) in [6.07, 6.45) is 2.69. The lowest BCUT2D eigenvalue weighted by atomic mass is 9.83. The molecule has 2 N–H and O–H groups in total. The van der Waals surface area contributed by atoms with E-state index in [1.807, 2.05) is 44.2 Å². The molecule has 1 fully saturated rings. The Morgan fingerprint density at radius 3 is 2.53 bits per heavy atom. The summed E-state index contributed by atoms with van der Waals surface area (Å²) in [5.74, 6) is 1.75. The van der Waals surface area contributed by atoms with Gasteiger partial charge in [-0.15, -0.1) is 0 Å². The minimum absolute atomic E-state index is 0.0332. The average Bonchev–Trinajstić information content (AvgIpc) is 3.27. The van der Waals surface area contributed by atoms with Crippen molar-refractivity contribution in [3.63, 3.8) is 0 Å². The molecule has 1 saturated heterocycles. The molecule has 170 valence electrons. The number of aliphatic hydroxyl groups is 2. The van der Waals surface area contributed by atoms with Gasteiger partial charge in [-0.2, -0.15) is 4.98 Å². The first kappa shape index (κ1) is 22.5. The van der Waals surface area contributed by atoms with Crippen LogP contribution in [0.25, 0.3) is 11.4 Å². The zero-order valence-corrected chi connectivity index (χ0v) is 18.6. The van der Waals surface area contributed by atoms with E-state index in [-0.39, 0.29) is 13.2 Å². The molecule has 0 aliphatic carbocycles. The monoisotopic (exact) mass is 438 g/mol. The fraction of sp³-hybridized carbons (Fsp3) is 0.440. The Hall–Kier alpha value is -2.74. The topological polar surface area (TPSA) is 97.8 Å². The Morgan fingerprint density at radius 2 is 1.88 bits per heavy atom. The van der Waals surface area contributed by atoms with Gasteiger partial charge < -0.3 is 24.2 Å². The minimum atomic E-state index is -0.910. The molecule has 1 aromatic heterocycles. The van der Waals surface area contributed by atoms with E-state index >= 15 is 0 Å². The number of hydrogen-bond donors (Lipinski definition) is 2. The summed E-state index contributed by atoms with van der Waals surface area (Å²) in [5, 5.41) is 22.8. The summed E-state index contributed by atoms with van der Waals surface area (Å²) >= 11 is 0. The van der Waals surface area contributed by atoms with Gasteiger partial charge in [-0.1, -0.05) is 35.5 Å². The molecule has 2 heterocycles. The van der Waals surface area contributed by atoms with Gasteiger partial charge in [0, 0.05) is 12.2 Å². The van der Waals surface area contributed by atoms with Gasteiger partial charge in [0.25, 0.3) is 0 Å². The third-order valence-electron chi connectivity index (χ3n) is 5.91. The van der Waals surface area contributed by atoms with Crippen LogP contribution in [0.4, 0.5) is 0 Å². The van der Waals surface area contributed by atoms with Crippen molar-refractivity contribution in [2.24, 2.45) is 0 Å². The fourth-order valence-electron chi connectivity index (χ4n) is 4.29. The van der Waals surface area contributed by atoms with E-state index in [4.69, 9.17) is 19.1 Å². The van der Waals surface area contributed by atoms with Gasteiger partial charge in [0.2, 0.25) is 11.7 Å². The first-order chi connectivity index (χ1) is 15.5. The summed E-state index contributed by atoms with van der Waals surface area (Å²) in [4.78, 5) is 4.67. The van der Waals surface area contributed by atoms with Gasteiger partial charge in [0.05, 0.1) is 13.0 Å². The number of ether oxygens (including phenoxy) is 2. The lowest BCUT2D eigenvalue weighted by Gasteiger charge is -2.37. The van der Waals surface area contributed by atoms with Crippen LogP contribution in [0.1, 0.15) is 41.8 Å².